The number of hydrogen-bond donors (Lipinski definition) is 0. The summed E-state index contributed by atoms with van der Waals surface area (Å²) in [6.45, 7) is 1.44. The summed E-state index contributed by atoms with van der Waals surface area (Å²) in [5.41, 5.74) is 1.27. The maximum absolute atomic E-state index is 13.8. The van der Waals surface area contributed by atoms with Crippen LogP contribution in [-0.4, -0.2) is 48.0 Å². The minimum Gasteiger partial charge on any atom is -0.457 e. The van der Waals surface area contributed by atoms with Crippen LogP contribution in [0.1, 0.15) is 0 Å². The van der Waals surface area contributed by atoms with Gasteiger partial charge in [0.15, 0.2) is 5.82 Å². The zero-order valence-corrected chi connectivity index (χ0v) is 15.1. The van der Waals surface area contributed by atoms with Crippen LogP contribution in [0.25, 0.3) is 10.9 Å². The third-order valence-electron chi connectivity index (χ3n) is 4.67. The van der Waals surface area contributed by atoms with E-state index in [1.54, 1.807) is 25.1 Å². The van der Waals surface area contributed by atoms with Crippen LogP contribution < -0.4 is 9.64 Å². The predicted molar refractivity (Wildman–Crippen MR) is 100 cm³/mol. The van der Waals surface area contributed by atoms with E-state index in [2.05, 4.69) is 14.9 Å². The first-order chi connectivity index (χ1) is 13.0. The molecule has 0 spiro atoms. The SMILES string of the molecule is CN(C)C(=O)C1CN(c2ccc(Oc3ccnc4c(F)cncc34)cc2)C1. The lowest BCUT2D eigenvalue weighted by Gasteiger charge is -2.41. The van der Waals surface area contributed by atoms with Crippen molar-refractivity contribution in [1.82, 2.24) is 14.9 Å². The summed E-state index contributed by atoms with van der Waals surface area (Å²) in [4.78, 5) is 23.6. The summed E-state index contributed by atoms with van der Waals surface area (Å²) in [5, 5.41) is 0.523. The molecule has 3 heterocycles. The largest absolute Gasteiger partial charge is 0.457 e. The zero-order valence-electron chi connectivity index (χ0n) is 15.1. The molecule has 1 aliphatic heterocycles. The first kappa shape index (κ1) is 17.2. The van der Waals surface area contributed by atoms with Gasteiger partial charge in [0.1, 0.15) is 17.0 Å². The lowest BCUT2D eigenvalue weighted by molar-refractivity contribution is -0.133. The molecule has 0 aliphatic carbocycles. The highest BCUT2D eigenvalue weighted by molar-refractivity contribution is 5.84. The lowest BCUT2D eigenvalue weighted by Crippen LogP contribution is -2.53. The molecule has 3 aromatic rings. The van der Waals surface area contributed by atoms with Crippen LogP contribution in [0.4, 0.5) is 10.1 Å². The quantitative estimate of drug-likeness (QED) is 0.710. The summed E-state index contributed by atoms with van der Waals surface area (Å²) in [6, 6.07) is 9.30. The molecular formula is C20H19FN4O2. The van der Waals surface area contributed by atoms with Gasteiger partial charge in [-0.2, -0.15) is 0 Å². The van der Waals surface area contributed by atoms with Crippen LogP contribution in [0.5, 0.6) is 11.5 Å². The smallest absolute Gasteiger partial charge is 0.228 e. The van der Waals surface area contributed by atoms with E-state index in [4.69, 9.17) is 4.74 Å². The zero-order chi connectivity index (χ0) is 19.0. The van der Waals surface area contributed by atoms with Crippen molar-refractivity contribution in [2.45, 2.75) is 0 Å². The van der Waals surface area contributed by atoms with E-state index in [9.17, 15) is 9.18 Å². The third kappa shape index (κ3) is 3.28. The van der Waals surface area contributed by atoms with E-state index in [0.29, 0.717) is 16.9 Å². The molecule has 1 aromatic carbocycles. The predicted octanol–water partition coefficient (Wildman–Crippen LogP) is 3.09. The molecule has 0 atom stereocenters. The number of amides is 1. The highest BCUT2D eigenvalue weighted by Gasteiger charge is 2.33. The number of ether oxygens (including phenoxy) is 1. The average Bonchev–Trinajstić information content (AvgIpc) is 2.62. The molecule has 138 valence electrons. The van der Waals surface area contributed by atoms with Gasteiger partial charge in [-0.25, -0.2) is 4.39 Å². The number of carbonyl (C=O) groups excluding carboxylic acids is 1. The van der Waals surface area contributed by atoms with Crippen molar-refractivity contribution in [2.75, 3.05) is 32.1 Å². The number of carbonyl (C=O) groups is 1. The summed E-state index contributed by atoms with van der Waals surface area (Å²) < 4.78 is 19.7. The molecule has 27 heavy (non-hydrogen) atoms. The van der Waals surface area contributed by atoms with Gasteiger partial charge < -0.3 is 14.5 Å². The van der Waals surface area contributed by atoms with E-state index >= 15 is 0 Å². The number of halogens is 1. The van der Waals surface area contributed by atoms with Crippen LogP contribution in [-0.2, 0) is 4.79 Å². The van der Waals surface area contributed by atoms with Crippen molar-refractivity contribution in [3.05, 3.63) is 54.7 Å². The molecule has 0 saturated carbocycles. The van der Waals surface area contributed by atoms with Crippen molar-refractivity contribution in [2.24, 2.45) is 5.92 Å². The number of hydrogen-bond acceptors (Lipinski definition) is 5. The number of anilines is 1. The Morgan fingerprint density at radius 1 is 1.19 bits per heavy atom. The Bertz CT molecular complexity index is 985. The van der Waals surface area contributed by atoms with Crippen molar-refractivity contribution in [3.63, 3.8) is 0 Å². The number of fused-ring (bicyclic) bond motifs is 1. The van der Waals surface area contributed by atoms with Crippen LogP contribution >= 0.6 is 0 Å². The van der Waals surface area contributed by atoms with Crippen molar-refractivity contribution in [3.8, 4) is 11.5 Å². The van der Waals surface area contributed by atoms with E-state index < -0.39 is 5.82 Å². The molecular weight excluding hydrogens is 347 g/mol. The fraction of sp³-hybridized carbons (Fsp3) is 0.250. The maximum Gasteiger partial charge on any atom is 0.228 e. The summed E-state index contributed by atoms with van der Waals surface area (Å²) >= 11 is 0. The van der Waals surface area contributed by atoms with E-state index in [-0.39, 0.29) is 17.3 Å². The molecule has 6 nitrogen and oxygen atoms in total. The number of pyridine rings is 2. The van der Waals surface area contributed by atoms with Gasteiger partial charge in [-0.1, -0.05) is 0 Å². The molecule has 0 bridgehead atoms. The first-order valence-corrected chi connectivity index (χ1v) is 8.65. The second kappa shape index (κ2) is 6.83. The molecule has 2 aromatic heterocycles. The molecule has 1 amide bonds. The Hall–Kier alpha value is -3.22. The van der Waals surface area contributed by atoms with Gasteiger partial charge >= 0.3 is 0 Å². The number of aromatic nitrogens is 2. The van der Waals surface area contributed by atoms with Gasteiger partial charge in [0, 0.05) is 45.3 Å². The van der Waals surface area contributed by atoms with Crippen molar-refractivity contribution >= 4 is 22.5 Å². The molecule has 4 rings (SSSR count). The summed E-state index contributed by atoms with van der Waals surface area (Å²) in [6.07, 6.45) is 4.18. The second-order valence-electron chi connectivity index (χ2n) is 6.76. The van der Waals surface area contributed by atoms with Gasteiger partial charge in [0.2, 0.25) is 5.91 Å². The van der Waals surface area contributed by atoms with Crippen molar-refractivity contribution in [1.29, 1.82) is 0 Å². The fourth-order valence-electron chi connectivity index (χ4n) is 3.16. The highest BCUT2D eigenvalue weighted by Crippen LogP contribution is 2.31. The molecule has 1 saturated heterocycles. The van der Waals surface area contributed by atoms with Gasteiger partial charge in [-0.15, -0.1) is 0 Å². The van der Waals surface area contributed by atoms with Gasteiger partial charge in [0.25, 0.3) is 0 Å². The standard InChI is InChI=1S/C20H19FN4O2/c1-24(2)20(26)13-11-25(12-13)14-3-5-15(6-4-14)27-18-7-8-23-19-16(18)9-22-10-17(19)21/h3-10,13H,11-12H2,1-2H3. The summed E-state index contributed by atoms with van der Waals surface area (Å²) in [5.74, 6) is 0.878. The number of nitrogens with zero attached hydrogens (tertiary/aromatic N) is 4. The molecule has 0 unspecified atom stereocenters. The lowest BCUT2D eigenvalue weighted by atomic mass is 9.98. The Kier molecular flexibility index (Phi) is 4.35. The highest BCUT2D eigenvalue weighted by atomic mass is 19.1. The van der Waals surface area contributed by atoms with Gasteiger partial charge in [0.05, 0.1) is 17.5 Å². The molecule has 0 N–H and O–H groups in total. The van der Waals surface area contributed by atoms with Crippen LogP contribution in [0.3, 0.4) is 0 Å². The third-order valence-corrected chi connectivity index (χ3v) is 4.67. The molecule has 7 heteroatoms. The second-order valence-corrected chi connectivity index (χ2v) is 6.76. The van der Waals surface area contributed by atoms with Crippen LogP contribution in [0.15, 0.2) is 48.9 Å². The van der Waals surface area contributed by atoms with E-state index in [1.807, 2.05) is 24.3 Å². The number of rotatable bonds is 4. The van der Waals surface area contributed by atoms with Gasteiger partial charge in [-0.3, -0.25) is 14.8 Å². The minimum atomic E-state index is -0.479. The van der Waals surface area contributed by atoms with Crippen molar-refractivity contribution < 1.29 is 13.9 Å². The minimum absolute atomic E-state index is 0.0570. The Morgan fingerprint density at radius 2 is 1.93 bits per heavy atom. The van der Waals surface area contributed by atoms with Crippen LogP contribution in [0, 0.1) is 11.7 Å². The van der Waals surface area contributed by atoms with E-state index in [1.165, 1.54) is 12.4 Å². The Labute approximate surface area is 156 Å². The topological polar surface area (TPSA) is 58.6 Å². The van der Waals surface area contributed by atoms with Crippen LogP contribution in [0.2, 0.25) is 0 Å². The Balaban J connectivity index is 1.47. The van der Waals surface area contributed by atoms with E-state index in [0.717, 1.165) is 25.0 Å². The summed E-state index contributed by atoms with van der Waals surface area (Å²) in [7, 11) is 3.56. The number of benzene rings is 1. The normalized spacial score (nSPS) is 14.1. The first-order valence-electron chi connectivity index (χ1n) is 8.65. The fourth-order valence-corrected chi connectivity index (χ4v) is 3.16. The van der Waals surface area contributed by atoms with Gasteiger partial charge in [-0.05, 0) is 30.3 Å². The average molecular weight is 366 g/mol. The molecule has 1 fully saturated rings. The Morgan fingerprint density at radius 3 is 2.63 bits per heavy atom. The molecule has 1 aliphatic rings. The molecule has 0 radical (unpaired) electrons. The maximum atomic E-state index is 13.8. The monoisotopic (exact) mass is 366 g/mol.